The van der Waals surface area contributed by atoms with Crippen LogP contribution in [0.5, 0.6) is 0 Å². The molecule has 0 saturated heterocycles. The number of benzene rings is 1. The Kier molecular flexibility index (Phi) is 7.60. The van der Waals surface area contributed by atoms with E-state index in [1.165, 1.54) is 0 Å². The third-order valence-electron chi connectivity index (χ3n) is 8.77. The van der Waals surface area contributed by atoms with Crippen LogP contribution < -0.4 is 5.32 Å². The number of aliphatic hydroxyl groups excluding tert-OH is 1. The Balaban J connectivity index is 1.45. The average Bonchev–Trinajstić information content (AvgIpc) is 2.86. The number of amides is 2. The molecule has 2 aromatic rings. The van der Waals surface area contributed by atoms with E-state index in [0.717, 1.165) is 31.2 Å². The zero-order valence-corrected chi connectivity index (χ0v) is 21.4. The van der Waals surface area contributed by atoms with Gasteiger partial charge in [0.1, 0.15) is 5.69 Å². The SMILES string of the molecule is C[C@H]1[C@@H]2[C@@H](O)C([C@H](C)C(=O)N(C)Cc3ccccc3)CC[C@@]2(C)CC[C@@H]1NC(=O)c1ccccn1. The molecule has 1 heterocycles. The van der Waals surface area contributed by atoms with Crippen LogP contribution >= 0.6 is 0 Å². The molecule has 2 N–H and O–H groups in total. The van der Waals surface area contributed by atoms with Gasteiger partial charge in [0.05, 0.1) is 6.10 Å². The van der Waals surface area contributed by atoms with Crippen molar-refractivity contribution in [1.82, 2.24) is 15.2 Å². The number of nitrogens with zero attached hydrogens (tertiary/aromatic N) is 2. The minimum Gasteiger partial charge on any atom is -0.392 e. The smallest absolute Gasteiger partial charge is 0.270 e. The normalized spacial score (nSPS) is 31.2. The van der Waals surface area contributed by atoms with Gasteiger partial charge in [0.25, 0.3) is 5.91 Å². The van der Waals surface area contributed by atoms with Crippen molar-refractivity contribution >= 4 is 11.8 Å². The highest BCUT2D eigenvalue weighted by Gasteiger charge is 2.54. The fourth-order valence-electron chi connectivity index (χ4n) is 6.70. The fourth-order valence-corrected chi connectivity index (χ4v) is 6.70. The first-order valence-corrected chi connectivity index (χ1v) is 12.9. The van der Waals surface area contributed by atoms with Gasteiger partial charge in [0.2, 0.25) is 5.91 Å². The van der Waals surface area contributed by atoms with Gasteiger partial charge in [-0.3, -0.25) is 14.6 Å². The van der Waals surface area contributed by atoms with Crippen molar-refractivity contribution in [1.29, 1.82) is 0 Å². The molecule has 1 aromatic heterocycles. The van der Waals surface area contributed by atoms with Crippen LogP contribution in [-0.2, 0) is 11.3 Å². The highest BCUT2D eigenvalue weighted by atomic mass is 16.3. The molecule has 1 aromatic carbocycles. The molecule has 0 aliphatic heterocycles. The van der Waals surface area contributed by atoms with E-state index in [0.29, 0.717) is 12.2 Å². The molecule has 2 fully saturated rings. The molecule has 2 saturated carbocycles. The summed E-state index contributed by atoms with van der Waals surface area (Å²) in [6, 6.07) is 15.3. The number of nitrogens with one attached hydrogen (secondary N) is 1. The molecular formula is C29H39N3O3. The van der Waals surface area contributed by atoms with E-state index in [4.69, 9.17) is 0 Å². The second kappa shape index (κ2) is 10.5. The van der Waals surface area contributed by atoms with Crippen LogP contribution in [0.25, 0.3) is 0 Å². The monoisotopic (exact) mass is 477 g/mol. The molecule has 0 bridgehead atoms. The van der Waals surface area contributed by atoms with E-state index in [1.54, 1.807) is 23.2 Å². The largest absolute Gasteiger partial charge is 0.392 e. The summed E-state index contributed by atoms with van der Waals surface area (Å²) in [6.07, 6.45) is 4.72. The molecule has 2 amide bonds. The molecule has 6 nitrogen and oxygen atoms in total. The number of hydrogen-bond donors (Lipinski definition) is 2. The molecular weight excluding hydrogens is 438 g/mol. The first kappa shape index (κ1) is 25.4. The number of pyridine rings is 1. The lowest BCUT2D eigenvalue weighted by atomic mass is 9.51. The molecule has 188 valence electrons. The predicted octanol–water partition coefficient (Wildman–Crippen LogP) is 4.30. The summed E-state index contributed by atoms with van der Waals surface area (Å²) in [4.78, 5) is 32.1. The van der Waals surface area contributed by atoms with Crippen molar-refractivity contribution in [3.63, 3.8) is 0 Å². The van der Waals surface area contributed by atoms with E-state index in [1.807, 2.05) is 50.4 Å². The summed E-state index contributed by atoms with van der Waals surface area (Å²) >= 11 is 0. The zero-order valence-electron chi connectivity index (χ0n) is 21.4. The van der Waals surface area contributed by atoms with Crippen LogP contribution in [-0.4, -0.2) is 46.0 Å². The highest BCUT2D eigenvalue weighted by molar-refractivity contribution is 5.92. The minimum atomic E-state index is -0.581. The van der Waals surface area contributed by atoms with Gasteiger partial charge in [-0.15, -0.1) is 0 Å². The van der Waals surface area contributed by atoms with Gasteiger partial charge in [-0.25, -0.2) is 0 Å². The standard InChI is InChI=1S/C29H39N3O3/c1-19(28(35)32(4)18-21-10-6-5-7-11-21)22-13-15-29(3)16-14-23(20(2)25(29)26(22)33)31-27(34)24-12-8-9-17-30-24/h5-12,17,19-20,22-23,25-26,33H,13-16,18H2,1-4H3,(H,31,34)/t19-,20+,22?,23-,25+,26-,29-/m0/s1. The molecule has 7 atom stereocenters. The van der Waals surface area contributed by atoms with E-state index < -0.39 is 6.10 Å². The first-order chi connectivity index (χ1) is 16.7. The van der Waals surface area contributed by atoms with Crippen molar-refractivity contribution in [2.24, 2.45) is 29.1 Å². The van der Waals surface area contributed by atoms with Gasteiger partial charge in [0, 0.05) is 31.7 Å². The number of carbonyl (C=O) groups is 2. The topological polar surface area (TPSA) is 82.5 Å². The third kappa shape index (κ3) is 5.27. The van der Waals surface area contributed by atoms with Crippen LogP contribution in [0.15, 0.2) is 54.7 Å². The zero-order chi connectivity index (χ0) is 25.2. The maximum atomic E-state index is 13.3. The summed E-state index contributed by atoms with van der Waals surface area (Å²) in [5, 5.41) is 14.8. The van der Waals surface area contributed by atoms with E-state index >= 15 is 0 Å². The number of rotatable bonds is 6. The lowest BCUT2D eigenvalue weighted by Crippen LogP contribution is -2.58. The summed E-state index contributed by atoms with van der Waals surface area (Å²) in [7, 11) is 1.84. The molecule has 2 aliphatic rings. The molecule has 1 unspecified atom stereocenters. The van der Waals surface area contributed by atoms with Gasteiger partial charge < -0.3 is 15.3 Å². The second-order valence-corrected chi connectivity index (χ2v) is 11.0. The Morgan fingerprint density at radius 1 is 1.14 bits per heavy atom. The number of carbonyl (C=O) groups excluding carboxylic acids is 2. The maximum Gasteiger partial charge on any atom is 0.270 e. The minimum absolute atomic E-state index is 0.0142. The van der Waals surface area contributed by atoms with Crippen LogP contribution in [0.2, 0.25) is 0 Å². The lowest BCUT2D eigenvalue weighted by molar-refractivity contribution is -0.149. The predicted molar refractivity (Wildman–Crippen MR) is 136 cm³/mol. The summed E-state index contributed by atoms with van der Waals surface area (Å²) in [5.41, 5.74) is 1.52. The molecule has 0 radical (unpaired) electrons. The maximum absolute atomic E-state index is 13.3. The Morgan fingerprint density at radius 2 is 1.83 bits per heavy atom. The van der Waals surface area contributed by atoms with Crippen LogP contribution in [0.4, 0.5) is 0 Å². The van der Waals surface area contributed by atoms with Gasteiger partial charge in [-0.1, -0.05) is 57.2 Å². The van der Waals surface area contributed by atoms with Crippen molar-refractivity contribution < 1.29 is 14.7 Å². The molecule has 0 spiro atoms. The summed E-state index contributed by atoms with van der Waals surface area (Å²) in [6.45, 7) is 6.95. The van der Waals surface area contributed by atoms with Crippen LogP contribution in [0.1, 0.15) is 62.5 Å². The first-order valence-electron chi connectivity index (χ1n) is 12.9. The summed E-state index contributed by atoms with van der Waals surface area (Å²) in [5.74, 6) is -0.323. The van der Waals surface area contributed by atoms with Gasteiger partial charge in [-0.2, -0.15) is 0 Å². The van der Waals surface area contributed by atoms with Crippen molar-refractivity contribution in [3.8, 4) is 0 Å². The Bertz CT molecular complexity index is 1010. The van der Waals surface area contributed by atoms with Crippen LogP contribution in [0.3, 0.4) is 0 Å². The van der Waals surface area contributed by atoms with Crippen molar-refractivity contribution in [2.45, 2.75) is 65.1 Å². The van der Waals surface area contributed by atoms with Crippen molar-refractivity contribution in [2.75, 3.05) is 7.05 Å². The fraction of sp³-hybridized carbons (Fsp3) is 0.552. The number of hydrogen-bond acceptors (Lipinski definition) is 4. The van der Waals surface area contributed by atoms with Gasteiger partial charge in [-0.05, 0) is 66.5 Å². The van der Waals surface area contributed by atoms with Crippen LogP contribution in [0, 0.1) is 29.1 Å². The number of aromatic nitrogens is 1. The van der Waals surface area contributed by atoms with Crippen molar-refractivity contribution in [3.05, 3.63) is 66.0 Å². The van der Waals surface area contributed by atoms with Gasteiger partial charge in [0.15, 0.2) is 0 Å². The van der Waals surface area contributed by atoms with Gasteiger partial charge >= 0.3 is 0 Å². The Morgan fingerprint density at radius 3 is 2.51 bits per heavy atom. The molecule has 6 heteroatoms. The number of aliphatic hydroxyl groups is 1. The second-order valence-electron chi connectivity index (χ2n) is 11.0. The molecule has 4 rings (SSSR count). The van der Waals surface area contributed by atoms with E-state index in [-0.39, 0.29) is 46.9 Å². The third-order valence-corrected chi connectivity index (χ3v) is 8.77. The van der Waals surface area contributed by atoms with E-state index in [9.17, 15) is 14.7 Å². The molecule has 2 aliphatic carbocycles. The molecule has 35 heavy (non-hydrogen) atoms. The Hall–Kier alpha value is -2.73. The number of fused-ring (bicyclic) bond motifs is 1. The lowest BCUT2D eigenvalue weighted by Gasteiger charge is -2.56. The Labute approximate surface area is 209 Å². The highest BCUT2D eigenvalue weighted by Crippen LogP contribution is 2.55. The quantitative estimate of drug-likeness (QED) is 0.650. The average molecular weight is 478 g/mol. The van der Waals surface area contributed by atoms with E-state index in [2.05, 4.69) is 24.1 Å². The summed E-state index contributed by atoms with van der Waals surface area (Å²) < 4.78 is 0.